The minimum atomic E-state index is -0.787. The minimum absolute atomic E-state index is 0.0150. The average molecular weight is 296 g/mol. The zero-order valence-corrected chi connectivity index (χ0v) is 12.4. The Morgan fingerprint density at radius 3 is 2.67 bits per heavy atom. The van der Waals surface area contributed by atoms with Crippen molar-refractivity contribution in [3.8, 4) is 0 Å². The quantitative estimate of drug-likeness (QED) is 0.797. The van der Waals surface area contributed by atoms with E-state index in [1.54, 1.807) is 4.90 Å². The summed E-state index contributed by atoms with van der Waals surface area (Å²) in [6.45, 7) is 2.26. The van der Waals surface area contributed by atoms with Gasteiger partial charge in [0.15, 0.2) is 0 Å². The fourth-order valence-electron chi connectivity index (χ4n) is 3.87. The van der Waals surface area contributed by atoms with E-state index in [0.29, 0.717) is 32.7 Å². The standard InChI is InChI=1S/C15H24N2O4/c18-14(19)11-4-3-7-16(10-11)15(20)17-8-9-21-13-6-2-1-5-12(13)17/h11-13H,1-10H2,(H,18,19)/t11-,12?,13?/m1/s1. The van der Waals surface area contributed by atoms with Crippen LogP contribution >= 0.6 is 0 Å². The number of hydrogen-bond donors (Lipinski definition) is 1. The fourth-order valence-corrected chi connectivity index (χ4v) is 3.87. The first kappa shape index (κ1) is 14.6. The van der Waals surface area contributed by atoms with Crippen molar-refractivity contribution in [2.24, 2.45) is 5.92 Å². The summed E-state index contributed by atoms with van der Waals surface area (Å²) in [5.41, 5.74) is 0. The van der Waals surface area contributed by atoms with Crippen molar-refractivity contribution in [2.45, 2.75) is 50.7 Å². The molecule has 3 fully saturated rings. The van der Waals surface area contributed by atoms with Gasteiger partial charge in [-0.15, -0.1) is 0 Å². The highest BCUT2D eigenvalue weighted by molar-refractivity contribution is 5.77. The molecule has 21 heavy (non-hydrogen) atoms. The second-order valence-corrected chi connectivity index (χ2v) is 6.36. The molecule has 0 aromatic rings. The number of carbonyl (C=O) groups is 2. The molecule has 3 aliphatic rings. The van der Waals surface area contributed by atoms with Gasteiger partial charge in [0.25, 0.3) is 0 Å². The molecule has 6 nitrogen and oxygen atoms in total. The molecule has 0 spiro atoms. The molecule has 2 aliphatic heterocycles. The lowest BCUT2D eigenvalue weighted by atomic mass is 9.90. The van der Waals surface area contributed by atoms with Crippen molar-refractivity contribution in [3.63, 3.8) is 0 Å². The largest absolute Gasteiger partial charge is 0.481 e. The first-order chi connectivity index (χ1) is 10.2. The molecule has 6 heteroatoms. The van der Waals surface area contributed by atoms with Crippen molar-refractivity contribution >= 4 is 12.0 Å². The van der Waals surface area contributed by atoms with Crippen LogP contribution in [0, 0.1) is 5.92 Å². The monoisotopic (exact) mass is 296 g/mol. The Morgan fingerprint density at radius 1 is 1.05 bits per heavy atom. The van der Waals surface area contributed by atoms with Crippen LogP contribution in [0.25, 0.3) is 0 Å². The Morgan fingerprint density at radius 2 is 1.86 bits per heavy atom. The average Bonchev–Trinajstić information content (AvgIpc) is 2.53. The highest BCUT2D eigenvalue weighted by Gasteiger charge is 2.39. The van der Waals surface area contributed by atoms with Crippen LogP contribution in [0.2, 0.25) is 0 Å². The highest BCUT2D eigenvalue weighted by Crippen LogP contribution is 2.30. The normalized spacial score (nSPS) is 33.4. The molecule has 2 unspecified atom stereocenters. The number of carbonyl (C=O) groups excluding carboxylic acids is 1. The van der Waals surface area contributed by atoms with E-state index in [4.69, 9.17) is 9.84 Å². The van der Waals surface area contributed by atoms with E-state index in [1.807, 2.05) is 4.90 Å². The zero-order valence-electron chi connectivity index (χ0n) is 12.4. The summed E-state index contributed by atoms with van der Waals surface area (Å²) in [5.74, 6) is -1.20. The Hall–Kier alpha value is -1.30. The number of likely N-dealkylation sites (tertiary alicyclic amines) is 1. The summed E-state index contributed by atoms with van der Waals surface area (Å²) < 4.78 is 5.80. The number of carboxylic acids is 1. The SMILES string of the molecule is O=C(O)[C@@H]1CCCN(C(=O)N2CCOC3CCCCC32)C1. The van der Waals surface area contributed by atoms with Crippen LogP contribution in [-0.2, 0) is 9.53 Å². The molecule has 2 heterocycles. The van der Waals surface area contributed by atoms with Crippen LogP contribution in [0.15, 0.2) is 0 Å². The van der Waals surface area contributed by atoms with Gasteiger partial charge in [-0.2, -0.15) is 0 Å². The van der Waals surface area contributed by atoms with Gasteiger partial charge < -0.3 is 19.6 Å². The van der Waals surface area contributed by atoms with Crippen LogP contribution in [-0.4, -0.2) is 65.3 Å². The number of fused-ring (bicyclic) bond motifs is 1. The van der Waals surface area contributed by atoms with Crippen LogP contribution in [0.3, 0.4) is 0 Å². The van der Waals surface area contributed by atoms with Crippen LogP contribution in [0.5, 0.6) is 0 Å². The lowest BCUT2D eigenvalue weighted by Gasteiger charge is -2.46. The smallest absolute Gasteiger partial charge is 0.320 e. The first-order valence-corrected chi connectivity index (χ1v) is 8.07. The first-order valence-electron chi connectivity index (χ1n) is 8.07. The summed E-state index contributed by atoms with van der Waals surface area (Å²) in [6.07, 6.45) is 5.99. The van der Waals surface area contributed by atoms with Gasteiger partial charge in [0, 0.05) is 19.6 Å². The number of aliphatic carboxylic acids is 1. The molecule has 2 saturated heterocycles. The summed E-state index contributed by atoms with van der Waals surface area (Å²) in [7, 11) is 0. The molecular formula is C15H24N2O4. The summed E-state index contributed by atoms with van der Waals surface area (Å²) in [4.78, 5) is 27.6. The number of carboxylic acid groups (broad SMARTS) is 1. The Labute approximate surface area is 125 Å². The number of morpholine rings is 1. The number of hydrogen-bond acceptors (Lipinski definition) is 3. The Bertz CT molecular complexity index is 412. The van der Waals surface area contributed by atoms with Gasteiger partial charge in [-0.05, 0) is 25.7 Å². The minimum Gasteiger partial charge on any atom is -0.481 e. The third kappa shape index (κ3) is 3.00. The maximum atomic E-state index is 12.8. The third-order valence-electron chi connectivity index (χ3n) is 5.02. The van der Waals surface area contributed by atoms with E-state index in [-0.39, 0.29) is 18.2 Å². The second-order valence-electron chi connectivity index (χ2n) is 6.36. The van der Waals surface area contributed by atoms with Gasteiger partial charge >= 0.3 is 12.0 Å². The predicted molar refractivity (Wildman–Crippen MR) is 76.0 cm³/mol. The van der Waals surface area contributed by atoms with Crippen molar-refractivity contribution in [1.82, 2.24) is 9.80 Å². The molecule has 3 atom stereocenters. The number of rotatable bonds is 1. The Balaban J connectivity index is 1.67. The van der Waals surface area contributed by atoms with Gasteiger partial charge in [0.1, 0.15) is 0 Å². The number of nitrogens with zero attached hydrogens (tertiary/aromatic N) is 2. The van der Waals surface area contributed by atoms with Gasteiger partial charge in [0.2, 0.25) is 0 Å². The maximum absolute atomic E-state index is 12.8. The second kappa shape index (κ2) is 6.22. The molecule has 1 aliphatic carbocycles. The summed E-state index contributed by atoms with van der Waals surface area (Å²) >= 11 is 0. The molecule has 3 rings (SSSR count). The topological polar surface area (TPSA) is 70.1 Å². The summed E-state index contributed by atoms with van der Waals surface area (Å²) in [5, 5.41) is 9.16. The molecule has 0 aromatic carbocycles. The Kier molecular flexibility index (Phi) is 4.33. The van der Waals surface area contributed by atoms with Crippen LogP contribution in [0.1, 0.15) is 38.5 Å². The molecule has 2 amide bonds. The van der Waals surface area contributed by atoms with E-state index in [2.05, 4.69) is 0 Å². The van der Waals surface area contributed by atoms with Crippen LogP contribution in [0.4, 0.5) is 4.79 Å². The van der Waals surface area contributed by atoms with Crippen molar-refractivity contribution < 1.29 is 19.4 Å². The molecular weight excluding hydrogens is 272 g/mol. The molecule has 0 bridgehead atoms. The number of amides is 2. The van der Waals surface area contributed by atoms with E-state index >= 15 is 0 Å². The molecule has 1 N–H and O–H groups in total. The van der Waals surface area contributed by atoms with Crippen molar-refractivity contribution in [1.29, 1.82) is 0 Å². The molecule has 118 valence electrons. The lowest BCUT2D eigenvalue weighted by Crippen LogP contribution is -2.59. The molecule has 1 saturated carbocycles. The van der Waals surface area contributed by atoms with E-state index in [1.165, 1.54) is 6.42 Å². The van der Waals surface area contributed by atoms with Crippen LogP contribution < -0.4 is 0 Å². The maximum Gasteiger partial charge on any atom is 0.320 e. The number of urea groups is 1. The van der Waals surface area contributed by atoms with Crippen molar-refractivity contribution in [2.75, 3.05) is 26.2 Å². The van der Waals surface area contributed by atoms with Gasteiger partial charge in [-0.3, -0.25) is 4.79 Å². The lowest BCUT2D eigenvalue weighted by molar-refractivity contribution is -0.143. The highest BCUT2D eigenvalue weighted by atomic mass is 16.5. The molecule has 0 radical (unpaired) electrons. The summed E-state index contributed by atoms with van der Waals surface area (Å²) in [6, 6.07) is 0.200. The third-order valence-corrected chi connectivity index (χ3v) is 5.02. The number of piperidine rings is 1. The fraction of sp³-hybridized carbons (Fsp3) is 0.867. The van der Waals surface area contributed by atoms with Gasteiger partial charge in [-0.25, -0.2) is 4.79 Å². The van der Waals surface area contributed by atoms with E-state index in [9.17, 15) is 9.59 Å². The van der Waals surface area contributed by atoms with E-state index < -0.39 is 11.9 Å². The van der Waals surface area contributed by atoms with Gasteiger partial charge in [0.05, 0.1) is 24.7 Å². The molecule has 0 aromatic heterocycles. The van der Waals surface area contributed by atoms with Gasteiger partial charge in [-0.1, -0.05) is 12.8 Å². The van der Waals surface area contributed by atoms with Crippen molar-refractivity contribution in [3.05, 3.63) is 0 Å². The predicted octanol–water partition coefficient (Wildman–Crippen LogP) is 1.55. The number of ether oxygens (including phenoxy) is 1. The zero-order chi connectivity index (χ0) is 14.8. The van der Waals surface area contributed by atoms with E-state index in [0.717, 1.165) is 25.7 Å².